The quantitative estimate of drug-likeness (QED) is 0.819. The molecule has 2 aliphatic rings. The van der Waals surface area contributed by atoms with E-state index in [1.54, 1.807) is 20.8 Å². The average Bonchev–Trinajstić information content (AvgIpc) is 2.33. The molecular formula is C16H21FN2O4S. The Hall–Kier alpha value is -1.67. The maximum absolute atomic E-state index is 13.1. The highest BCUT2D eigenvalue weighted by atomic mass is 32.2. The fourth-order valence-corrected chi connectivity index (χ4v) is 5.28. The lowest BCUT2D eigenvalue weighted by molar-refractivity contribution is -0.0509. The lowest BCUT2D eigenvalue weighted by atomic mass is 9.80. The monoisotopic (exact) mass is 356 g/mol. The van der Waals surface area contributed by atoms with Crippen molar-refractivity contribution in [3.8, 4) is 0 Å². The lowest BCUT2D eigenvalue weighted by Crippen LogP contribution is -2.83. The summed E-state index contributed by atoms with van der Waals surface area (Å²) in [4.78, 5) is 13.6. The van der Waals surface area contributed by atoms with Gasteiger partial charge in [-0.3, -0.25) is 4.90 Å². The number of amides is 1. The van der Waals surface area contributed by atoms with Gasteiger partial charge in [-0.05, 0) is 58.0 Å². The van der Waals surface area contributed by atoms with Crippen molar-refractivity contribution >= 4 is 15.9 Å². The van der Waals surface area contributed by atoms with Gasteiger partial charge in [0.1, 0.15) is 11.4 Å². The zero-order chi connectivity index (χ0) is 17.8. The zero-order valence-electron chi connectivity index (χ0n) is 13.9. The molecule has 24 heavy (non-hydrogen) atoms. The molecule has 2 heterocycles. The molecule has 1 spiro atoms. The second-order valence-electron chi connectivity index (χ2n) is 7.29. The Kier molecular flexibility index (Phi) is 3.88. The molecule has 0 aliphatic carbocycles. The second kappa shape index (κ2) is 5.42. The SMILES string of the molecule is CC(C)(C)OC(=O)N1CC2(CCN2)C1S(=O)(=O)c1ccc(F)cc1. The van der Waals surface area contributed by atoms with E-state index in [4.69, 9.17) is 4.74 Å². The van der Waals surface area contributed by atoms with Crippen LogP contribution < -0.4 is 5.32 Å². The van der Waals surface area contributed by atoms with E-state index in [9.17, 15) is 17.6 Å². The van der Waals surface area contributed by atoms with Crippen LogP contribution in [-0.4, -0.2) is 49.0 Å². The Bertz CT molecular complexity index is 751. The van der Waals surface area contributed by atoms with Crippen LogP contribution >= 0.6 is 0 Å². The number of benzene rings is 1. The van der Waals surface area contributed by atoms with Gasteiger partial charge in [-0.1, -0.05) is 0 Å². The van der Waals surface area contributed by atoms with Crippen molar-refractivity contribution in [3.63, 3.8) is 0 Å². The minimum atomic E-state index is -3.84. The summed E-state index contributed by atoms with van der Waals surface area (Å²) < 4.78 is 44.4. The Morgan fingerprint density at radius 2 is 1.92 bits per heavy atom. The average molecular weight is 356 g/mol. The van der Waals surface area contributed by atoms with Gasteiger partial charge in [-0.15, -0.1) is 0 Å². The predicted molar refractivity (Wildman–Crippen MR) is 85.7 cm³/mol. The van der Waals surface area contributed by atoms with E-state index >= 15 is 0 Å². The van der Waals surface area contributed by atoms with Crippen LogP contribution in [0.2, 0.25) is 0 Å². The van der Waals surface area contributed by atoms with Crippen molar-refractivity contribution in [2.24, 2.45) is 0 Å². The lowest BCUT2D eigenvalue weighted by Gasteiger charge is -2.60. The van der Waals surface area contributed by atoms with Crippen molar-refractivity contribution in [3.05, 3.63) is 30.1 Å². The standard InChI is InChI=1S/C16H21FN2O4S/c1-15(2,3)23-14(20)19-10-16(8-9-18-16)13(19)24(21,22)12-6-4-11(17)5-7-12/h4-7,13,18H,8-10H2,1-3H3. The van der Waals surface area contributed by atoms with Crippen LogP contribution in [0, 0.1) is 5.82 Å². The molecular weight excluding hydrogens is 335 g/mol. The largest absolute Gasteiger partial charge is 0.444 e. The summed E-state index contributed by atoms with van der Waals surface area (Å²) in [6.45, 7) is 6.17. The molecule has 2 saturated heterocycles. The van der Waals surface area contributed by atoms with Gasteiger partial charge in [0.15, 0.2) is 5.37 Å². The molecule has 1 aromatic rings. The van der Waals surface area contributed by atoms with E-state index in [1.165, 1.54) is 17.0 Å². The van der Waals surface area contributed by atoms with Gasteiger partial charge in [0.05, 0.1) is 10.4 Å². The number of carbonyl (C=O) groups is 1. The van der Waals surface area contributed by atoms with Crippen molar-refractivity contribution in [1.82, 2.24) is 10.2 Å². The molecule has 0 aromatic heterocycles. The summed E-state index contributed by atoms with van der Waals surface area (Å²) >= 11 is 0. The van der Waals surface area contributed by atoms with Gasteiger partial charge >= 0.3 is 6.09 Å². The van der Waals surface area contributed by atoms with Gasteiger partial charge in [0.2, 0.25) is 9.84 Å². The number of nitrogens with one attached hydrogen (secondary N) is 1. The predicted octanol–water partition coefficient (Wildman–Crippen LogP) is 1.91. The smallest absolute Gasteiger partial charge is 0.411 e. The summed E-state index contributed by atoms with van der Waals surface area (Å²) in [6, 6.07) is 4.65. The third-order valence-corrected chi connectivity index (χ3v) is 6.54. The number of hydrogen-bond acceptors (Lipinski definition) is 5. The van der Waals surface area contributed by atoms with Crippen molar-refractivity contribution in [2.45, 2.75) is 48.6 Å². The van der Waals surface area contributed by atoms with Crippen LogP contribution in [-0.2, 0) is 14.6 Å². The molecule has 3 rings (SSSR count). The van der Waals surface area contributed by atoms with Crippen LogP contribution in [0.25, 0.3) is 0 Å². The van der Waals surface area contributed by atoms with Crippen LogP contribution in [0.3, 0.4) is 0 Å². The molecule has 2 aliphatic heterocycles. The van der Waals surface area contributed by atoms with E-state index in [1.807, 2.05) is 0 Å². The van der Waals surface area contributed by atoms with Gasteiger partial charge in [-0.2, -0.15) is 0 Å². The number of rotatable bonds is 2. The Balaban J connectivity index is 1.91. The first-order valence-corrected chi connectivity index (χ1v) is 9.34. The van der Waals surface area contributed by atoms with Crippen molar-refractivity contribution in [2.75, 3.05) is 13.1 Å². The highest BCUT2D eigenvalue weighted by Crippen LogP contribution is 2.43. The van der Waals surface area contributed by atoms with Crippen LogP contribution in [0.4, 0.5) is 9.18 Å². The summed E-state index contributed by atoms with van der Waals surface area (Å²) in [7, 11) is -3.84. The maximum atomic E-state index is 13.1. The summed E-state index contributed by atoms with van der Waals surface area (Å²) in [5.41, 5.74) is -1.35. The first kappa shape index (κ1) is 17.2. The third kappa shape index (κ3) is 2.77. The Morgan fingerprint density at radius 1 is 1.33 bits per heavy atom. The van der Waals surface area contributed by atoms with Gasteiger partial charge in [0, 0.05) is 6.54 Å². The molecule has 6 nitrogen and oxygen atoms in total. The van der Waals surface area contributed by atoms with E-state index in [-0.39, 0.29) is 11.4 Å². The normalized spacial score (nSPS) is 26.7. The highest BCUT2D eigenvalue weighted by molar-refractivity contribution is 7.92. The number of ether oxygens (including phenoxy) is 1. The molecule has 132 valence electrons. The fourth-order valence-electron chi connectivity index (χ4n) is 3.14. The zero-order valence-corrected chi connectivity index (χ0v) is 14.7. The minimum Gasteiger partial charge on any atom is -0.444 e. The number of sulfone groups is 1. The fraction of sp³-hybridized carbons (Fsp3) is 0.562. The van der Waals surface area contributed by atoms with Gasteiger partial charge < -0.3 is 10.1 Å². The van der Waals surface area contributed by atoms with Gasteiger partial charge in [0.25, 0.3) is 0 Å². The first-order chi connectivity index (χ1) is 11.1. The Morgan fingerprint density at radius 3 is 2.38 bits per heavy atom. The number of likely N-dealkylation sites (tertiary alicyclic amines) is 1. The highest BCUT2D eigenvalue weighted by Gasteiger charge is 2.64. The molecule has 2 atom stereocenters. The van der Waals surface area contributed by atoms with Crippen LogP contribution in [0.15, 0.2) is 29.2 Å². The van der Waals surface area contributed by atoms with E-state index in [0.717, 1.165) is 12.1 Å². The molecule has 0 saturated carbocycles. The van der Waals surface area contributed by atoms with Gasteiger partial charge in [-0.25, -0.2) is 17.6 Å². The first-order valence-electron chi connectivity index (χ1n) is 7.79. The van der Waals surface area contributed by atoms with Crippen molar-refractivity contribution in [1.29, 1.82) is 0 Å². The minimum absolute atomic E-state index is 0.00441. The number of nitrogens with zero attached hydrogens (tertiary/aromatic N) is 1. The molecule has 1 amide bonds. The van der Waals surface area contributed by atoms with Crippen LogP contribution in [0.5, 0.6) is 0 Å². The molecule has 2 fully saturated rings. The van der Waals surface area contributed by atoms with E-state index in [0.29, 0.717) is 13.0 Å². The summed E-state index contributed by atoms with van der Waals surface area (Å²) in [6.07, 6.45) is 0.00899. The van der Waals surface area contributed by atoms with Crippen molar-refractivity contribution < 1.29 is 22.3 Å². The summed E-state index contributed by atoms with van der Waals surface area (Å²) in [5, 5.41) is 2.10. The number of halogens is 1. The molecule has 8 heteroatoms. The van der Waals surface area contributed by atoms with E-state index < -0.39 is 38.3 Å². The molecule has 0 radical (unpaired) electrons. The molecule has 2 unspecified atom stereocenters. The molecule has 1 N–H and O–H groups in total. The second-order valence-corrected chi connectivity index (χ2v) is 9.30. The maximum Gasteiger partial charge on any atom is 0.411 e. The molecule has 0 bridgehead atoms. The third-order valence-electron chi connectivity index (χ3n) is 4.32. The Labute approximate surface area is 140 Å². The topological polar surface area (TPSA) is 75.7 Å². The van der Waals surface area contributed by atoms with E-state index in [2.05, 4.69) is 5.32 Å². The molecule has 1 aromatic carbocycles. The number of hydrogen-bond donors (Lipinski definition) is 1. The summed E-state index contributed by atoms with van der Waals surface area (Å²) in [5.74, 6) is -0.511. The van der Waals surface area contributed by atoms with Crippen LogP contribution in [0.1, 0.15) is 27.2 Å². The number of carbonyl (C=O) groups excluding carboxylic acids is 1.